The molecule has 1 fully saturated rings. The normalized spacial score (nSPS) is 20.4. The van der Waals surface area contributed by atoms with Crippen LogP contribution in [-0.4, -0.2) is 23.5 Å². The molecule has 1 aliphatic rings. The highest BCUT2D eigenvalue weighted by Gasteiger charge is 2.37. The van der Waals surface area contributed by atoms with Gasteiger partial charge in [0.15, 0.2) is 0 Å². The Balaban J connectivity index is 1.38. The molecule has 190 valence electrons. The highest BCUT2D eigenvalue weighted by atomic mass is 16.1. The van der Waals surface area contributed by atoms with Crippen LogP contribution in [0, 0.1) is 11.8 Å². The van der Waals surface area contributed by atoms with Gasteiger partial charge in [0.2, 0.25) is 5.91 Å². The van der Waals surface area contributed by atoms with Gasteiger partial charge >= 0.3 is 0 Å². The van der Waals surface area contributed by atoms with Crippen LogP contribution in [0.25, 0.3) is 22.0 Å². The molecule has 4 aromatic rings. The summed E-state index contributed by atoms with van der Waals surface area (Å²) in [6.07, 6.45) is 5.77. The molecule has 4 unspecified atom stereocenters. The Hall–Kier alpha value is -3.50. The molecule has 2 heterocycles. The second kappa shape index (κ2) is 11.7. The van der Waals surface area contributed by atoms with Gasteiger partial charge in [0.05, 0.1) is 18.5 Å². The summed E-state index contributed by atoms with van der Waals surface area (Å²) in [7, 11) is 0. The minimum atomic E-state index is -0.0594. The van der Waals surface area contributed by atoms with Gasteiger partial charge in [-0.15, -0.1) is 0 Å². The van der Waals surface area contributed by atoms with E-state index in [4.69, 9.17) is 0 Å². The molecule has 1 aromatic heterocycles. The maximum Gasteiger partial charge on any atom is 0.225 e. The lowest BCUT2D eigenvalue weighted by Crippen LogP contribution is -2.95. The summed E-state index contributed by atoms with van der Waals surface area (Å²) in [6.45, 7) is 5.74. The number of carbonyl (C=O) groups excluding carboxylic acids is 1. The SMILES string of the molecule is CCC1C[NH2+]C(C(NC(=O)Cc2ccc(-c3ccccc3)cc2)c2ccnc3ccccc23)CC1CC. The average Bonchev–Trinajstić information content (AvgIpc) is 2.96. The molecule has 0 radical (unpaired) electrons. The number of rotatable bonds is 8. The summed E-state index contributed by atoms with van der Waals surface area (Å²) in [5, 5.41) is 7.08. The quantitative estimate of drug-likeness (QED) is 0.332. The van der Waals surface area contributed by atoms with Crippen molar-refractivity contribution in [3.8, 4) is 11.1 Å². The third-order valence-corrected chi connectivity index (χ3v) is 8.22. The number of hydrogen-bond donors (Lipinski definition) is 2. The highest BCUT2D eigenvalue weighted by Crippen LogP contribution is 2.32. The van der Waals surface area contributed by atoms with Gasteiger partial charge in [0.1, 0.15) is 12.1 Å². The molecule has 1 amide bonds. The van der Waals surface area contributed by atoms with E-state index in [2.05, 4.69) is 90.1 Å². The number of nitrogens with zero attached hydrogens (tertiary/aromatic N) is 1. The number of benzene rings is 3. The number of pyridine rings is 1. The number of nitrogens with one attached hydrogen (secondary N) is 1. The monoisotopic (exact) mass is 492 g/mol. The highest BCUT2D eigenvalue weighted by molar-refractivity contribution is 5.84. The average molecular weight is 493 g/mol. The van der Waals surface area contributed by atoms with E-state index in [-0.39, 0.29) is 11.9 Å². The smallest absolute Gasteiger partial charge is 0.225 e. The Bertz CT molecular complexity index is 1310. The first-order valence-corrected chi connectivity index (χ1v) is 13.8. The predicted octanol–water partition coefficient (Wildman–Crippen LogP) is 5.69. The van der Waals surface area contributed by atoms with Crippen molar-refractivity contribution < 1.29 is 10.1 Å². The van der Waals surface area contributed by atoms with Crippen LogP contribution in [0.4, 0.5) is 0 Å². The van der Waals surface area contributed by atoms with Gasteiger partial charge in [-0.1, -0.05) is 93.1 Å². The molecule has 0 saturated carbocycles. The van der Waals surface area contributed by atoms with Gasteiger partial charge in [-0.3, -0.25) is 9.78 Å². The van der Waals surface area contributed by atoms with Crippen LogP contribution in [0.1, 0.15) is 50.3 Å². The lowest BCUT2D eigenvalue weighted by atomic mass is 9.77. The number of hydrogen-bond acceptors (Lipinski definition) is 2. The van der Waals surface area contributed by atoms with E-state index < -0.39 is 0 Å². The molecule has 1 saturated heterocycles. The van der Waals surface area contributed by atoms with E-state index in [1.54, 1.807) is 0 Å². The van der Waals surface area contributed by atoms with Gasteiger partial charge in [0.25, 0.3) is 0 Å². The van der Waals surface area contributed by atoms with E-state index in [0.29, 0.717) is 18.4 Å². The van der Waals surface area contributed by atoms with Gasteiger partial charge < -0.3 is 10.6 Å². The molecule has 4 atom stereocenters. The summed E-state index contributed by atoms with van der Waals surface area (Å²) in [5.41, 5.74) is 5.53. The van der Waals surface area contributed by atoms with Crippen molar-refractivity contribution in [2.75, 3.05) is 6.54 Å². The topological polar surface area (TPSA) is 58.6 Å². The summed E-state index contributed by atoms with van der Waals surface area (Å²) in [6, 6.07) is 29.3. The van der Waals surface area contributed by atoms with E-state index in [0.717, 1.165) is 35.3 Å². The Morgan fingerprint density at radius 1 is 0.892 bits per heavy atom. The first-order valence-electron chi connectivity index (χ1n) is 13.8. The lowest BCUT2D eigenvalue weighted by molar-refractivity contribution is -0.710. The number of nitrogens with two attached hydrogens (primary N) is 1. The third kappa shape index (κ3) is 5.75. The molecule has 37 heavy (non-hydrogen) atoms. The largest absolute Gasteiger partial charge is 0.343 e. The number of aromatic nitrogens is 1. The molecule has 5 rings (SSSR count). The van der Waals surface area contributed by atoms with Crippen LogP contribution >= 0.6 is 0 Å². The van der Waals surface area contributed by atoms with Crippen molar-refractivity contribution in [2.24, 2.45) is 11.8 Å². The molecule has 0 bridgehead atoms. The number of para-hydroxylation sites is 1. The lowest BCUT2D eigenvalue weighted by Gasteiger charge is -2.37. The molecular weight excluding hydrogens is 454 g/mol. The number of piperidine rings is 1. The van der Waals surface area contributed by atoms with Crippen LogP contribution in [0.15, 0.2) is 91.1 Å². The number of amides is 1. The van der Waals surface area contributed by atoms with E-state index in [1.807, 2.05) is 30.5 Å². The second-order valence-electron chi connectivity index (χ2n) is 10.4. The first-order chi connectivity index (χ1) is 18.2. The maximum absolute atomic E-state index is 13.5. The summed E-state index contributed by atoms with van der Waals surface area (Å²) in [4.78, 5) is 18.0. The third-order valence-electron chi connectivity index (χ3n) is 8.22. The number of carbonyl (C=O) groups is 1. The Morgan fingerprint density at radius 3 is 2.35 bits per heavy atom. The molecule has 3 aromatic carbocycles. The predicted molar refractivity (Wildman–Crippen MR) is 151 cm³/mol. The molecule has 4 nitrogen and oxygen atoms in total. The summed E-state index contributed by atoms with van der Waals surface area (Å²) in [5.74, 6) is 1.50. The molecule has 1 aliphatic heterocycles. The van der Waals surface area contributed by atoms with Crippen molar-refractivity contribution in [3.63, 3.8) is 0 Å². The van der Waals surface area contributed by atoms with Crippen molar-refractivity contribution in [1.29, 1.82) is 0 Å². The number of quaternary nitrogens is 1. The Kier molecular flexibility index (Phi) is 7.96. The van der Waals surface area contributed by atoms with E-state index in [9.17, 15) is 4.79 Å². The van der Waals surface area contributed by atoms with Crippen molar-refractivity contribution in [1.82, 2.24) is 10.3 Å². The molecule has 3 N–H and O–H groups in total. The standard InChI is InChI=1S/C33H37N3O/c1-3-24-21-31(35-22-25(24)4-2)33(29-18-19-34-30-13-9-8-12-28(29)30)36-32(37)20-23-14-16-27(17-15-23)26-10-6-5-7-11-26/h5-19,24-25,31,33,35H,3-4,20-22H2,1-2H3,(H,36,37)/p+1. The van der Waals surface area contributed by atoms with E-state index in [1.165, 1.54) is 29.5 Å². The van der Waals surface area contributed by atoms with Crippen molar-refractivity contribution in [2.45, 2.75) is 51.6 Å². The molecule has 0 spiro atoms. The molecular formula is C33H38N3O+. The van der Waals surface area contributed by atoms with Gasteiger partial charge in [0, 0.05) is 23.9 Å². The summed E-state index contributed by atoms with van der Waals surface area (Å²) < 4.78 is 0. The van der Waals surface area contributed by atoms with Crippen LogP contribution in [-0.2, 0) is 11.2 Å². The summed E-state index contributed by atoms with van der Waals surface area (Å²) >= 11 is 0. The minimum Gasteiger partial charge on any atom is -0.343 e. The van der Waals surface area contributed by atoms with Crippen molar-refractivity contribution >= 4 is 16.8 Å². The molecule has 4 heteroatoms. The van der Waals surface area contributed by atoms with E-state index >= 15 is 0 Å². The zero-order chi connectivity index (χ0) is 25.6. The fraction of sp³-hybridized carbons (Fsp3) is 0.333. The fourth-order valence-corrected chi connectivity index (χ4v) is 6.11. The Morgan fingerprint density at radius 2 is 1.59 bits per heavy atom. The van der Waals surface area contributed by atoms with Gasteiger partial charge in [-0.05, 0) is 46.7 Å². The van der Waals surface area contributed by atoms with Gasteiger partial charge in [-0.25, -0.2) is 0 Å². The van der Waals surface area contributed by atoms with Crippen LogP contribution < -0.4 is 10.6 Å². The maximum atomic E-state index is 13.5. The Labute approximate surface area is 220 Å². The van der Waals surface area contributed by atoms with Crippen LogP contribution in [0.2, 0.25) is 0 Å². The van der Waals surface area contributed by atoms with Crippen LogP contribution in [0.5, 0.6) is 0 Å². The van der Waals surface area contributed by atoms with Crippen molar-refractivity contribution in [3.05, 3.63) is 102 Å². The zero-order valence-electron chi connectivity index (χ0n) is 21.9. The number of fused-ring (bicyclic) bond motifs is 1. The molecule has 0 aliphatic carbocycles. The van der Waals surface area contributed by atoms with Gasteiger partial charge in [-0.2, -0.15) is 0 Å². The van der Waals surface area contributed by atoms with Crippen LogP contribution in [0.3, 0.4) is 0 Å². The second-order valence-corrected chi connectivity index (χ2v) is 10.4. The first kappa shape index (κ1) is 25.2. The zero-order valence-corrected chi connectivity index (χ0v) is 21.9. The minimum absolute atomic E-state index is 0.0594. The fourth-order valence-electron chi connectivity index (χ4n) is 6.11.